The molecule has 8 heteroatoms. The summed E-state index contributed by atoms with van der Waals surface area (Å²) in [5, 5.41) is -3.18. The van der Waals surface area contributed by atoms with Crippen molar-refractivity contribution in [3.05, 3.63) is 12.2 Å². The Labute approximate surface area is 101 Å². The van der Waals surface area contributed by atoms with Gasteiger partial charge in [0.2, 0.25) is 0 Å². The van der Waals surface area contributed by atoms with Gasteiger partial charge >= 0.3 is 0 Å². The molecule has 6 nitrogen and oxygen atoms in total. The number of hydrogen-bond donors (Lipinski definition) is 2. The fourth-order valence-corrected chi connectivity index (χ4v) is 5.00. The second-order valence-electron chi connectivity index (χ2n) is 4.93. The first kappa shape index (κ1) is 14.6. The lowest BCUT2D eigenvalue weighted by molar-refractivity contribution is 0.266. The molecule has 0 aromatic heterocycles. The molecule has 0 spiro atoms. The van der Waals surface area contributed by atoms with Crippen molar-refractivity contribution in [2.75, 3.05) is 0 Å². The van der Waals surface area contributed by atoms with Crippen LogP contribution in [-0.2, 0) is 20.2 Å². The number of allylic oxidation sites excluding steroid dienone is 1. The van der Waals surface area contributed by atoms with Crippen LogP contribution in [-0.4, -0.2) is 36.4 Å². The van der Waals surface area contributed by atoms with E-state index in [1.54, 1.807) is 13.8 Å². The quantitative estimate of drug-likeness (QED) is 0.571. The monoisotopic (exact) mass is 284 g/mol. The van der Waals surface area contributed by atoms with Gasteiger partial charge in [0.1, 0.15) is 10.5 Å². The Balaban J connectivity index is 3.43. The van der Waals surface area contributed by atoms with E-state index in [9.17, 15) is 16.8 Å². The van der Waals surface area contributed by atoms with Crippen molar-refractivity contribution in [2.45, 2.75) is 31.3 Å². The SMILES string of the molecule is CC1C(S(=O)(=O)O)C(S(=O)(=O)O)C=CC1(C)C. The van der Waals surface area contributed by atoms with Crippen LogP contribution in [0.3, 0.4) is 0 Å². The summed E-state index contributed by atoms with van der Waals surface area (Å²) in [5.74, 6) is -0.644. The smallest absolute Gasteiger partial charge is 0.272 e. The molecule has 3 atom stereocenters. The largest absolute Gasteiger partial charge is 0.285 e. The van der Waals surface area contributed by atoms with E-state index in [2.05, 4.69) is 0 Å². The molecule has 0 bridgehead atoms. The maximum atomic E-state index is 11.3. The Morgan fingerprint density at radius 3 is 1.88 bits per heavy atom. The van der Waals surface area contributed by atoms with Crippen molar-refractivity contribution in [3.63, 3.8) is 0 Å². The summed E-state index contributed by atoms with van der Waals surface area (Å²) in [5.41, 5.74) is -0.582. The summed E-state index contributed by atoms with van der Waals surface area (Å²) in [7, 11) is -9.14. The highest BCUT2D eigenvalue weighted by atomic mass is 32.2. The van der Waals surface area contributed by atoms with Gasteiger partial charge in [0, 0.05) is 0 Å². The zero-order chi connectivity index (χ0) is 13.6. The lowest BCUT2D eigenvalue weighted by Gasteiger charge is -2.39. The molecule has 3 unspecified atom stereocenters. The third kappa shape index (κ3) is 2.87. The van der Waals surface area contributed by atoms with E-state index >= 15 is 0 Å². The Morgan fingerprint density at radius 2 is 1.53 bits per heavy atom. The van der Waals surface area contributed by atoms with E-state index in [1.165, 1.54) is 13.0 Å². The van der Waals surface area contributed by atoms with Gasteiger partial charge in [-0.25, -0.2) is 0 Å². The molecule has 0 radical (unpaired) electrons. The average molecular weight is 284 g/mol. The van der Waals surface area contributed by atoms with Crippen molar-refractivity contribution in [1.29, 1.82) is 0 Å². The third-order valence-electron chi connectivity index (χ3n) is 3.39. The summed E-state index contributed by atoms with van der Waals surface area (Å²) in [6.07, 6.45) is 2.66. The minimum Gasteiger partial charge on any atom is -0.285 e. The molecule has 0 fully saturated rings. The van der Waals surface area contributed by atoms with Crippen LogP contribution < -0.4 is 0 Å². The molecule has 1 aliphatic carbocycles. The maximum absolute atomic E-state index is 11.3. The lowest BCUT2D eigenvalue weighted by atomic mass is 9.73. The molecule has 1 rings (SSSR count). The summed E-state index contributed by atoms with van der Waals surface area (Å²) in [4.78, 5) is 0. The highest BCUT2D eigenvalue weighted by molar-refractivity contribution is 7.90. The molecule has 0 saturated heterocycles. The molecule has 0 saturated carbocycles. The molecule has 2 N–H and O–H groups in total. The summed E-state index contributed by atoms with van der Waals surface area (Å²) < 4.78 is 63.0. The average Bonchev–Trinajstić information content (AvgIpc) is 2.05. The summed E-state index contributed by atoms with van der Waals surface area (Å²) in [6.45, 7) is 4.99. The molecule has 0 aromatic carbocycles. The van der Waals surface area contributed by atoms with Crippen LogP contribution in [0.1, 0.15) is 20.8 Å². The van der Waals surface area contributed by atoms with Crippen molar-refractivity contribution in [1.82, 2.24) is 0 Å². The normalized spacial score (nSPS) is 33.6. The van der Waals surface area contributed by atoms with Crippen LogP contribution in [0.15, 0.2) is 12.2 Å². The molecule has 0 aromatic rings. The van der Waals surface area contributed by atoms with Gasteiger partial charge in [0.25, 0.3) is 20.2 Å². The van der Waals surface area contributed by atoms with Gasteiger partial charge in [-0.1, -0.05) is 32.9 Å². The topological polar surface area (TPSA) is 109 Å². The predicted octanol–water partition coefficient (Wildman–Crippen LogP) is 0.731. The van der Waals surface area contributed by atoms with Crippen molar-refractivity contribution in [3.8, 4) is 0 Å². The van der Waals surface area contributed by atoms with Crippen LogP contribution in [0.4, 0.5) is 0 Å². The van der Waals surface area contributed by atoms with Gasteiger partial charge in [0.15, 0.2) is 0 Å². The molecule has 0 heterocycles. The first-order chi connectivity index (χ1) is 7.37. The summed E-state index contributed by atoms with van der Waals surface area (Å²) >= 11 is 0. The van der Waals surface area contributed by atoms with Gasteiger partial charge in [-0.3, -0.25) is 9.11 Å². The zero-order valence-electron chi connectivity index (χ0n) is 9.73. The van der Waals surface area contributed by atoms with E-state index in [0.29, 0.717) is 0 Å². The van der Waals surface area contributed by atoms with E-state index in [1.807, 2.05) is 0 Å². The zero-order valence-corrected chi connectivity index (χ0v) is 11.4. The van der Waals surface area contributed by atoms with E-state index in [4.69, 9.17) is 9.11 Å². The van der Waals surface area contributed by atoms with Crippen molar-refractivity contribution in [2.24, 2.45) is 11.3 Å². The fourth-order valence-electron chi connectivity index (χ4n) is 2.01. The molecule has 0 amide bonds. The number of hydrogen-bond acceptors (Lipinski definition) is 4. The van der Waals surface area contributed by atoms with Crippen LogP contribution in [0.5, 0.6) is 0 Å². The van der Waals surface area contributed by atoms with E-state index in [-0.39, 0.29) is 0 Å². The molecule has 17 heavy (non-hydrogen) atoms. The fraction of sp³-hybridized carbons (Fsp3) is 0.778. The van der Waals surface area contributed by atoms with Crippen molar-refractivity contribution < 1.29 is 25.9 Å². The van der Waals surface area contributed by atoms with Crippen molar-refractivity contribution >= 4 is 20.2 Å². The van der Waals surface area contributed by atoms with Gasteiger partial charge < -0.3 is 0 Å². The number of rotatable bonds is 2. The highest BCUT2D eigenvalue weighted by Crippen LogP contribution is 2.40. The lowest BCUT2D eigenvalue weighted by Crippen LogP contribution is -2.49. The Morgan fingerprint density at radius 1 is 1.06 bits per heavy atom. The first-order valence-electron chi connectivity index (χ1n) is 4.99. The molecule has 1 aliphatic rings. The van der Waals surface area contributed by atoms with Gasteiger partial charge in [0.05, 0.1) is 0 Å². The molecular formula is C9H16O6S2. The van der Waals surface area contributed by atoms with Gasteiger partial charge in [-0.15, -0.1) is 0 Å². The van der Waals surface area contributed by atoms with E-state index < -0.39 is 42.1 Å². The second-order valence-corrected chi connectivity index (χ2v) is 8.08. The third-order valence-corrected chi connectivity index (χ3v) is 6.09. The predicted molar refractivity (Wildman–Crippen MR) is 62.8 cm³/mol. The van der Waals surface area contributed by atoms with Crippen LogP contribution in [0.25, 0.3) is 0 Å². The van der Waals surface area contributed by atoms with Gasteiger partial charge in [-0.2, -0.15) is 16.8 Å². The Hall–Kier alpha value is -0.440. The Bertz CT molecular complexity index is 528. The highest BCUT2D eigenvalue weighted by Gasteiger charge is 2.49. The molecule has 0 aliphatic heterocycles. The first-order valence-corrected chi connectivity index (χ1v) is 8.00. The molecule has 100 valence electrons. The Kier molecular flexibility index (Phi) is 3.48. The second kappa shape index (κ2) is 4.04. The van der Waals surface area contributed by atoms with Crippen LogP contribution in [0.2, 0.25) is 0 Å². The van der Waals surface area contributed by atoms with Crippen LogP contribution >= 0.6 is 0 Å². The minimum atomic E-state index is -4.57. The molecular weight excluding hydrogens is 268 g/mol. The summed E-state index contributed by atoms with van der Waals surface area (Å²) in [6, 6.07) is 0. The maximum Gasteiger partial charge on any atom is 0.272 e. The van der Waals surface area contributed by atoms with Crippen LogP contribution in [0, 0.1) is 11.3 Å². The standard InChI is InChI=1S/C9H16O6S2/c1-6-8(17(13,14)15)7(16(10,11)12)4-5-9(6,2)3/h4-8H,1-3H3,(H,10,11,12)(H,13,14,15). The van der Waals surface area contributed by atoms with Gasteiger partial charge in [-0.05, 0) is 11.3 Å². The minimum absolute atomic E-state index is 0.582. The van der Waals surface area contributed by atoms with E-state index in [0.717, 1.165) is 6.08 Å².